The number of hydrogen-bond donors (Lipinski definition) is 0. The largest absolute Gasteiger partial charge is 0.416 e. The second-order valence-corrected chi connectivity index (χ2v) is 6.56. The van der Waals surface area contributed by atoms with Gasteiger partial charge in [0.2, 0.25) is 0 Å². The minimum Gasteiger partial charge on any atom is -0.324 e. The quantitative estimate of drug-likeness (QED) is 0.506. The van der Waals surface area contributed by atoms with Gasteiger partial charge < -0.3 is 4.57 Å². The van der Waals surface area contributed by atoms with Crippen LogP contribution in [-0.2, 0) is 12.7 Å². The molecule has 0 radical (unpaired) electrons. The highest BCUT2D eigenvalue weighted by atomic mass is 79.9. The van der Waals surface area contributed by atoms with Crippen LogP contribution >= 0.6 is 15.9 Å². The lowest BCUT2D eigenvalue weighted by Gasteiger charge is -2.10. The molecule has 0 bridgehead atoms. The van der Waals surface area contributed by atoms with Crippen molar-refractivity contribution >= 4 is 27.0 Å². The third-order valence-electron chi connectivity index (χ3n) is 3.92. The molecule has 0 amide bonds. The summed E-state index contributed by atoms with van der Waals surface area (Å²) in [5.74, 6) is 0.699. The maximum absolute atomic E-state index is 12.8. The summed E-state index contributed by atoms with van der Waals surface area (Å²) >= 11 is 3.43. The van der Waals surface area contributed by atoms with Gasteiger partial charge in [-0.25, -0.2) is 4.98 Å². The Bertz CT molecular complexity index is 851. The van der Waals surface area contributed by atoms with Gasteiger partial charge in [-0.2, -0.15) is 13.2 Å². The maximum Gasteiger partial charge on any atom is 0.416 e. The van der Waals surface area contributed by atoms with Crippen LogP contribution in [0.15, 0.2) is 46.9 Å². The highest BCUT2D eigenvalue weighted by Gasteiger charge is 2.30. The molecule has 2 nitrogen and oxygen atoms in total. The van der Waals surface area contributed by atoms with Gasteiger partial charge >= 0.3 is 6.18 Å². The zero-order valence-corrected chi connectivity index (χ0v) is 14.7. The molecule has 6 heteroatoms. The lowest BCUT2D eigenvalue weighted by Crippen LogP contribution is -2.05. The van der Waals surface area contributed by atoms with Crippen molar-refractivity contribution in [3.63, 3.8) is 0 Å². The van der Waals surface area contributed by atoms with E-state index in [1.165, 1.54) is 12.1 Å². The summed E-state index contributed by atoms with van der Waals surface area (Å²) in [6, 6.07) is 11.0. The average Bonchev–Trinajstić information content (AvgIpc) is 2.89. The van der Waals surface area contributed by atoms with E-state index in [9.17, 15) is 13.2 Å². The second kappa shape index (κ2) is 6.59. The van der Waals surface area contributed by atoms with Crippen molar-refractivity contribution in [3.05, 3.63) is 52.5 Å². The zero-order chi connectivity index (χ0) is 17.3. The molecule has 2 aromatic carbocycles. The first-order valence-corrected chi connectivity index (χ1v) is 8.53. The number of benzene rings is 2. The Balaban J connectivity index is 2.10. The Labute approximate surface area is 146 Å². The lowest BCUT2D eigenvalue weighted by atomic mass is 10.1. The summed E-state index contributed by atoms with van der Waals surface area (Å²) in [7, 11) is 0. The van der Waals surface area contributed by atoms with Gasteiger partial charge in [-0.15, -0.1) is 0 Å². The summed E-state index contributed by atoms with van der Waals surface area (Å²) < 4.78 is 41.3. The predicted octanol–water partition coefficient (Wildman–Crippen LogP) is 6.28. The zero-order valence-electron chi connectivity index (χ0n) is 13.1. The summed E-state index contributed by atoms with van der Waals surface area (Å²) in [6.07, 6.45) is -2.32. The molecule has 0 atom stereocenters. The van der Waals surface area contributed by atoms with Gasteiger partial charge in [-0.05, 0) is 36.8 Å². The Morgan fingerprint density at radius 2 is 1.79 bits per heavy atom. The van der Waals surface area contributed by atoms with Crippen LogP contribution in [0.5, 0.6) is 0 Å². The Kier molecular flexibility index (Phi) is 4.67. The second-order valence-electron chi connectivity index (χ2n) is 5.65. The highest BCUT2D eigenvalue weighted by Crippen LogP contribution is 2.32. The average molecular weight is 397 g/mol. The fourth-order valence-corrected chi connectivity index (χ4v) is 3.02. The number of alkyl halides is 3. The lowest BCUT2D eigenvalue weighted by molar-refractivity contribution is -0.137. The number of aromatic nitrogens is 2. The van der Waals surface area contributed by atoms with Crippen LogP contribution in [0, 0.1) is 0 Å². The minimum atomic E-state index is -4.33. The van der Waals surface area contributed by atoms with E-state index in [2.05, 4.69) is 32.4 Å². The van der Waals surface area contributed by atoms with Crippen molar-refractivity contribution in [1.29, 1.82) is 0 Å². The van der Waals surface area contributed by atoms with Crippen molar-refractivity contribution in [1.82, 2.24) is 9.55 Å². The summed E-state index contributed by atoms with van der Waals surface area (Å²) in [5.41, 5.74) is 1.86. The van der Waals surface area contributed by atoms with Gasteiger partial charge in [0.05, 0.1) is 16.6 Å². The first-order valence-electron chi connectivity index (χ1n) is 7.73. The predicted molar refractivity (Wildman–Crippen MR) is 92.8 cm³/mol. The van der Waals surface area contributed by atoms with Gasteiger partial charge in [-0.1, -0.05) is 41.4 Å². The molecule has 0 N–H and O–H groups in total. The van der Waals surface area contributed by atoms with Gasteiger partial charge in [0, 0.05) is 16.6 Å². The van der Waals surface area contributed by atoms with Crippen LogP contribution < -0.4 is 0 Å². The van der Waals surface area contributed by atoms with E-state index < -0.39 is 11.7 Å². The normalized spacial score (nSPS) is 12.0. The van der Waals surface area contributed by atoms with E-state index >= 15 is 0 Å². The number of nitrogens with zero attached hydrogens (tertiary/aromatic N) is 2. The van der Waals surface area contributed by atoms with E-state index in [1.54, 1.807) is 0 Å². The summed E-state index contributed by atoms with van der Waals surface area (Å²) in [6.45, 7) is 2.89. The molecule has 1 aromatic heterocycles. The van der Waals surface area contributed by atoms with E-state index in [0.717, 1.165) is 47.0 Å². The molecular formula is C18H16BrF3N2. The molecule has 0 aliphatic heterocycles. The number of fused-ring (bicyclic) bond motifs is 1. The van der Waals surface area contributed by atoms with E-state index in [1.807, 2.05) is 18.2 Å². The van der Waals surface area contributed by atoms with Crippen molar-refractivity contribution in [2.75, 3.05) is 0 Å². The number of hydrogen-bond acceptors (Lipinski definition) is 1. The van der Waals surface area contributed by atoms with E-state index in [-0.39, 0.29) is 0 Å². The molecule has 0 saturated heterocycles. The minimum absolute atomic E-state index is 0.648. The van der Waals surface area contributed by atoms with Gasteiger partial charge in [0.25, 0.3) is 0 Å². The molecule has 0 aliphatic rings. The third-order valence-corrected chi connectivity index (χ3v) is 4.41. The summed E-state index contributed by atoms with van der Waals surface area (Å²) in [5, 5.41) is 0. The van der Waals surface area contributed by atoms with Crippen LogP contribution in [0.1, 0.15) is 25.3 Å². The van der Waals surface area contributed by atoms with Crippen molar-refractivity contribution in [3.8, 4) is 11.4 Å². The molecule has 3 rings (SSSR count). The van der Waals surface area contributed by atoms with E-state index in [0.29, 0.717) is 11.4 Å². The molecule has 0 spiro atoms. The molecule has 0 saturated carbocycles. The molecule has 24 heavy (non-hydrogen) atoms. The number of aryl methyl sites for hydroxylation is 1. The number of imidazole rings is 1. The van der Waals surface area contributed by atoms with Gasteiger partial charge in [0.15, 0.2) is 0 Å². The van der Waals surface area contributed by atoms with Gasteiger partial charge in [0.1, 0.15) is 5.82 Å². The SMILES string of the molecule is CCCCn1c(-c2ccc(C(F)(F)F)cc2)nc2cc(Br)ccc21. The number of rotatable bonds is 4. The standard InChI is InChI=1S/C18H16BrF3N2/c1-2-3-10-24-16-9-8-14(19)11-15(16)23-17(24)12-4-6-13(7-5-12)18(20,21)22/h4-9,11H,2-3,10H2,1H3. The van der Waals surface area contributed by atoms with Crippen LogP contribution in [0.3, 0.4) is 0 Å². The Morgan fingerprint density at radius 3 is 2.42 bits per heavy atom. The Morgan fingerprint density at radius 1 is 1.08 bits per heavy atom. The molecule has 0 aliphatic carbocycles. The topological polar surface area (TPSA) is 17.8 Å². The molecule has 0 fully saturated rings. The molecule has 3 aromatic rings. The first-order chi connectivity index (χ1) is 11.4. The highest BCUT2D eigenvalue weighted by molar-refractivity contribution is 9.10. The molecular weight excluding hydrogens is 381 g/mol. The van der Waals surface area contributed by atoms with Crippen LogP contribution in [-0.4, -0.2) is 9.55 Å². The van der Waals surface area contributed by atoms with Crippen molar-refractivity contribution in [2.45, 2.75) is 32.5 Å². The van der Waals surface area contributed by atoms with Crippen molar-refractivity contribution in [2.24, 2.45) is 0 Å². The van der Waals surface area contributed by atoms with Gasteiger partial charge in [-0.3, -0.25) is 0 Å². The van der Waals surface area contributed by atoms with Crippen LogP contribution in [0.2, 0.25) is 0 Å². The fourth-order valence-electron chi connectivity index (χ4n) is 2.67. The Hall–Kier alpha value is -1.82. The fraction of sp³-hybridized carbons (Fsp3) is 0.278. The van der Waals surface area contributed by atoms with Crippen molar-refractivity contribution < 1.29 is 13.2 Å². The van der Waals surface area contributed by atoms with Crippen LogP contribution in [0.4, 0.5) is 13.2 Å². The summed E-state index contributed by atoms with van der Waals surface area (Å²) in [4.78, 5) is 4.64. The third kappa shape index (κ3) is 3.34. The number of unbranched alkanes of at least 4 members (excludes halogenated alkanes) is 1. The van der Waals surface area contributed by atoms with Crippen LogP contribution in [0.25, 0.3) is 22.4 Å². The van der Waals surface area contributed by atoms with E-state index in [4.69, 9.17) is 0 Å². The monoisotopic (exact) mass is 396 g/mol. The number of halogens is 4. The molecule has 0 unspecified atom stereocenters. The maximum atomic E-state index is 12.8. The molecule has 126 valence electrons. The first kappa shape index (κ1) is 17.0. The molecule has 1 heterocycles. The smallest absolute Gasteiger partial charge is 0.324 e.